The standard InChI is InChI=1S/C15H19ClN2O/c16-12-5-6-13-14(7-9-18-15(13)11-12)17-8-3-1-2-4-10-19/h5-7,9,11,19H,1-4,8,10H2,(H,17,18). The van der Waals surface area contributed by atoms with E-state index in [0.717, 1.165) is 48.8 Å². The molecule has 0 saturated carbocycles. The number of hydrogen-bond acceptors (Lipinski definition) is 3. The van der Waals surface area contributed by atoms with Crippen LogP contribution in [0.2, 0.25) is 5.02 Å². The van der Waals surface area contributed by atoms with E-state index in [1.807, 2.05) is 24.3 Å². The summed E-state index contributed by atoms with van der Waals surface area (Å²) in [6.07, 6.45) is 6.04. The number of fused-ring (bicyclic) bond motifs is 1. The van der Waals surface area contributed by atoms with Crippen molar-refractivity contribution in [1.82, 2.24) is 4.98 Å². The molecule has 0 fully saturated rings. The molecule has 0 amide bonds. The number of nitrogens with zero attached hydrogens (tertiary/aromatic N) is 1. The summed E-state index contributed by atoms with van der Waals surface area (Å²) in [7, 11) is 0. The Morgan fingerprint density at radius 2 is 1.95 bits per heavy atom. The highest BCUT2D eigenvalue weighted by molar-refractivity contribution is 6.31. The highest BCUT2D eigenvalue weighted by Crippen LogP contribution is 2.24. The number of nitrogens with one attached hydrogen (secondary N) is 1. The fraction of sp³-hybridized carbons (Fsp3) is 0.400. The summed E-state index contributed by atoms with van der Waals surface area (Å²) in [5, 5.41) is 14.0. The predicted molar refractivity (Wildman–Crippen MR) is 80.8 cm³/mol. The molecule has 0 aliphatic carbocycles. The Morgan fingerprint density at radius 1 is 1.11 bits per heavy atom. The number of aromatic nitrogens is 1. The van der Waals surface area contributed by atoms with Crippen molar-refractivity contribution in [2.75, 3.05) is 18.5 Å². The molecule has 2 aromatic rings. The Kier molecular flexibility index (Phi) is 5.43. The molecule has 4 heteroatoms. The molecule has 2 rings (SSSR count). The summed E-state index contributed by atoms with van der Waals surface area (Å²) >= 11 is 5.97. The molecule has 1 aromatic carbocycles. The summed E-state index contributed by atoms with van der Waals surface area (Å²) in [5.41, 5.74) is 2.02. The topological polar surface area (TPSA) is 45.1 Å². The monoisotopic (exact) mass is 278 g/mol. The van der Waals surface area contributed by atoms with Gasteiger partial charge in [0.25, 0.3) is 0 Å². The third-order valence-electron chi connectivity index (χ3n) is 3.11. The number of halogens is 1. The van der Waals surface area contributed by atoms with Gasteiger partial charge in [-0.05, 0) is 37.1 Å². The summed E-state index contributed by atoms with van der Waals surface area (Å²) in [5.74, 6) is 0. The summed E-state index contributed by atoms with van der Waals surface area (Å²) in [6.45, 7) is 1.23. The van der Waals surface area contributed by atoms with E-state index in [4.69, 9.17) is 16.7 Å². The largest absolute Gasteiger partial charge is 0.396 e. The number of unbranched alkanes of at least 4 members (excludes halogenated alkanes) is 3. The second kappa shape index (κ2) is 7.31. The van der Waals surface area contributed by atoms with E-state index >= 15 is 0 Å². The minimum Gasteiger partial charge on any atom is -0.396 e. The number of aliphatic hydroxyl groups excluding tert-OH is 1. The molecule has 0 aliphatic heterocycles. The van der Waals surface area contributed by atoms with E-state index in [1.54, 1.807) is 6.20 Å². The normalized spacial score (nSPS) is 10.8. The molecule has 1 aromatic heterocycles. The van der Waals surface area contributed by atoms with Crippen LogP contribution in [0.4, 0.5) is 5.69 Å². The fourth-order valence-electron chi connectivity index (χ4n) is 2.09. The van der Waals surface area contributed by atoms with Crippen molar-refractivity contribution in [3.8, 4) is 0 Å². The van der Waals surface area contributed by atoms with Gasteiger partial charge in [-0.3, -0.25) is 4.98 Å². The van der Waals surface area contributed by atoms with E-state index < -0.39 is 0 Å². The molecule has 102 valence electrons. The molecular formula is C15H19ClN2O. The van der Waals surface area contributed by atoms with Crippen LogP contribution in [0.3, 0.4) is 0 Å². The maximum absolute atomic E-state index is 8.71. The first-order valence-corrected chi connectivity index (χ1v) is 7.08. The molecule has 2 N–H and O–H groups in total. The van der Waals surface area contributed by atoms with E-state index in [1.165, 1.54) is 0 Å². The van der Waals surface area contributed by atoms with Crippen LogP contribution in [0.5, 0.6) is 0 Å². The van der Waals surface area contributed by atoms with Crippen molar-refractivity contribution >= 4 is 28.2 Å². The number of aliphatic hydroxyl groups is 1. The maximum Gasteiger partial charge on any atom is 0.0737 e. The summed E-state index contributed by atoms with van der Waals surface area (Å²) in [4.78, 5) is 4.32. The number of anilines is 1. The average molecular weight is 279 g/mol. The fourth-order valence-corrected chi connectivity index (χ4v) is 2.26. The predicted octanol–water partition coefficient (Wildman–Crippen LogP) is 3.85. The molecule has 19 heavy (non-hydrogen) atoms. The van der Waals surface area contributed by atoms with E-state index in [9.17, 15) is 0 Å². The van der Waals surface area contributed by atoms with Gasteiger partial charge in [-0.25, -0.2) is 0 Å². The van der Waals surface area contributed by atoms with Crippen LogP contribution in [0.15, 0.2) is 30.5 Å². The average Bonchev–Trinajstić information content (AvgIpc) is 2.42. The van der Waals surface area contributed by atoms with E-state index in [2.05, 4.69) is 10.3 Å². The van der Waals surface area contributed by atoms with E-state index in [0.29, 0.717) is 11.6 Å². The van der Waals surface area contributed by atoms with Gasteiger partial charge in [-0.15, -0.1) is 0 Å². The smallest absolute Gasteiger partial charge is 0.0737 e. The number of benzene rings is 1. The van der Waals surface area contributed by atoms with Gasteiger partial charge in [0.1, 0.15) is 0 Å². The Bertz CT molecular complexity index is 531. The Balaban J connectivity index is 1.93. The first kappa shape index (κ1) is 14.1. The lowest BCUT2D eigenvalue weighted by Crippen LogP contribution is -2.02. The van der Waals surface area contributed by atoms with Crippen LogP contribution in [0.1, 0.15) is 25.7 Å². The Hall–Kier alpha value is -1.32. The van der Waals surface area contributed by atoms with Crippen molar-refractivity contribution in [1.29, 1.82) is 0 Å². The van der Waals surface area contributed by atoms with Gasteiger partial charge in [-0.2, -0.15) is 0 Å². The van der Waals surface area contributed by atoms with Gasteiger partial charge in [0.15, 0.2) is 0 Å². The summed E-state index contributed by atoms with van der Waals surface area (Å²) in [6, 6.07) is 7.75. The van der Waals surface area contributed by atoms with Crippen molar-refractivity contribution in [3.63, 3.8) is 0 Å². The molecule has 0 bridgehead atoms. The van der Waals surface area contributed by atoms with Crippen molar-refractivity contribution < 1.29 is 5.11 Å². The Labute approximate surface area is 118 Å². The van der Waals surface area contributed by atoms with Crippen LogP contribution in [0.25, 0.3) is 10.9 Å². The van der Waals surface area contributed by atoms with Crippen LogP contribution in [-0.2, 0) is 0 Å². The SMILES string of the molecule is OCCCCCCNc1ccnc2cc(Cl)ccc12. The molecule has 0 saturated heterocycles. The van der Waals surface area contributed by atoms with Crippen molar-refractivity contribution in [2.24, 2.45) is 0 Å². The van der Waals surface area contributed by atoms with E-state index in [-0.39, 0.29) is 0 Å². The minimum absolute atomic E-state index is 0.295. The molecule has 3 nitrogen and oxygen atoms in total. The number of rotatable bonds is 7. The Morgan fingerprint density at radius 3 is 2.79 bits per heavy atom. The highest BCUT2D eigenvalue weighted by Gasteiger charge is 2.01. The highest BCUT2D eigenvalue weighted by atomic mass is 35.5. The molecule has 0 unspecified atom stereocenters. The quantitative estimate of drug-likeness (QED) is 0.756. The molecule has 0 radical (unpaired) electrons. The summed E-state index contributed by atoms with van der Waals surface area (Å²) < 4.78 is 0. The van der Waals surface area contributed by atoms with Crippen molar-refractivity contribution in [3.05, 3.63) is 35.5 Å². The molecule has 0 atom stereocenters. The first-order valence-electron chi connectivity index (χ1n) is 6.70. The van der Waals surface area contributed by atoms with Crippen LogP contribution >= 0.6 is 11.6 Å². The lowest BCUT2D eigenvalue weighted by Gasteiger charge is -2.09. The zero-order valence-electron chi connectivity index (χ0n) is 10.9. The number of hydrogen-bond donors (Lipinski definition) is 2. The molecule has 0 aliphatic rings. The minimum atomic E-state index is 0.295. The van der Waals surface area contributed by atoms with Gasteiger partial charge in [-0.1, -0.05) is 24.4 Å². The van der Waals surface area contributed by atoms with Crippen LogP contribution in [-0.4, -0.2) is 23.2 Å². The zero-order chi connectivity index (χ0) is 13.5. The molecule has 1 heterocycles. The van der Waals surface area contributed by atoms with Gasteiger partial charge >= 0.3 is 0 Å². The first-order chi connectivity index (χ1) is 9.31. The number of pyridine rings is 1. The van der Waals surface area contributed by atoms with Gasteiger partial charge in [0.05, 0.1) is 5.52 Å². The zero-order valence-corrected chi connectivity index (χ0v) is 11.7. The van der Waals surface area contributed by atoms with Crippen molar-refractivity contribution in [2.45, 2.75) is 25.7 Å². The van der Waals surface area contributed by atoms with Gasteiger partial charge < -0.3 is 10.4 Å². The third-order valence-corrected chi connectivity index (χ3v) is 3.34. The third kappa shape index (κ3) is 4.08. The lowest BCUT2D eigenvalue weighted by atomic mass is 10.1. The second-order valence-corrected chi connectivity index (χ2v) is 5.02. The van der Waals surface area contributed by atoms with Gasteiger partial charge in [0, 0.05) is 35.4 Å². The van der Waals surface area contributed by atoms with Crippen LogP contribution < -0.4 is 5.32 Å². The molecule has 0 spiro atoms. The maximum atomic E-state index is 8.71. The van der Waals surface area contributed by atoms with Crippen LogP contribution in [0, 0.1) is 0 Å². The van der Waals surface area contributed by atoms with Gasteiger partial charge in [0.2, 0.25) is 0 Å². The lowest BCUT2D eigenvalue weighted by molar-refractivity contribution is 0.283. The molecular weight excluding hydrogens is 260 g/mol. The second-order valence-electron chi connectivity index (χ2n) is 4.58.